The third-order valence-electron chi connectivity index (χ3n) is 5.71. The number of carbonyl (C=O) groups excluding carboxylic acids is 1. The minimum Gasteiger partial charge on any atom is -0.406 e. The highest BCUT2D eigenvalue weighted by Gasteiger charge is 2.35. The number of benzene rings is 1. The molecular formula is C21H25F3N8O2. The molecule has 3 aromatic rings. The Labute approximate surface area is 193 Å². The summed E-state index contributed by atoms with van der Waals surface area (Å²) in [6.07, 6.45) is -3.09. The highest BCUT2D eigenvalue weighted by molar-refractivity contribution is 5.91. The molecule has 2 atom stereocenters. The highest BCUT2D eigenvalue weighted by atomic mass is 19.4. The molecule has 182 valence electrons. The molecule has 2 aromatic heterocycles. The number of urea groups is 1. The van der Waals surface area contributed by atoms with E-state index in [1.807, 2.05) is 13.8 Å². The maximum Gasteiger partial charge on any atom is 0.573 e. The zero-order valence-corrected chi connectivity index (χ0v) is 19.1. The van der Waals surface area contributed by atoms with Crippen LogP contribution in [-0.2, 0) is 7.05 Å². The second-order valence-corrected chi connectivity index (χ2v) is 8.38. The Morgan fingerprint density at radius 2 is 1.88 bits per heavy atom. The molecule has 0 radical (unpaired) electrons. The van der Waals surface area contributed by atoms with Gasteiger partial charge in [-0.05, 0) is 44.5 Å². The lowest BCUT2D eigenvalue weighted by Crippen LogP contribution is -2.59. The summed E-state index contributed by atoms with van der Waals surface area (Å²) in [5, 5.41) is 7.80. The number of carbonyl (C=O) groups is 1. The Hall–Kier alpha value is -3.77. The summed E-state index contributed by atoms with van der Waals surface area (Å²) in [5.41, 5.74) is 7.41. The number of nitrogens with one attached hydrogen (secondary N) is 1. The minimum atomic E-state index is -4.78. The average molecular weight is 478 g/mol. The normalized spacial score (nSPS) is 18.9. The topological polar surface area (TPSA) is 114 Å². The largest absolute Gasteiger partial charge is 0.573 e. The van der Waals surface area contributed by atoms with Gasteiger partial charge in [-0.25, -0.2) is 4.79 Å². The van der Waals surface area contributed by atoms with Crippen molar-refractivity contribution in [3.8, 4) is 5.75 Å². The maximum atomic E-state index is 13.0. The molecule has 4 rings (SSSR count). The predicted molar refractivity (Wildman–Crippen MR) is 121 cm³/mol. The van der Waals surface area contributed by atoms with Crippen LogP contribution >= 0.6 is 0 Å². The van der Waals surface area contributed by atoms with Gasteiger partial charge in [0.25, 0.3) is 0 Å². The number of amides is 2. The van der Waals surface area contributed by atoms with Crippen LogP contribution in [0.3, 0.4) is 0 Å². The molecule has 13 heteroatoms. The van der Waals surface area contributed by atoms with Crippen molar-refractivity contribution in [1.29, 1.82) is 0 Å². The van der Waals surface area contributed by atoms with E-state index in [1.54, 1.807) is 29.7 Å². The van der Waals surface area contributed by atoms with Crippen LogP contribution in [0.1, 0.15) is 19.4 Å². The van der Waals surface area contributed by atoms with Crippen LogP contribution in [0.4, 0.5) is 35.4 Å². The van der Waals surface area contributed by atoms with Gasteiger partial charge in [0.1, 0.15) is 11.6 Å². The molecule has 1 aliphatic rings. The average Bonchev–Trinajstić information content (AvgIpc) is 3.09. The van der Waals surface area contributed by atoms with Crippen molar-refractivity contribution in [3.63, 3.8) is 0 Å². The molecule has 1 aromatic carbocycles. The van der Waals surface area contributed by atoms with E-state index in [9.17, 15) is 18.0 Å². The number of alkyl halides is 3. The molecule has 0 spiro atoms. The van der Waals surface area contributed by atoms with E-state index in [-0.39, 0.29) is 29.8 Å². The first kappa shape index (κ1) is 23.4. The van der Waals surface area contributed by atoms with Crippen molar-refractivity contribution in [2.75, 3.05) is 29.0 Å². The lowest BCUT2D eigenvalue weighted by molar-refractivity contribution is -0.274. The fraction of sp³-hybridized carbons (Fsp3) is 0.429. The Morgan fingerprint density at radius 1 is 1.21 bits per heavy atom. The first-order chi connectivity index (χ1) is 15.9. The molecule has 1 fully saturated rings. The molecule has 34 heavy (non-hydrogen) atoms. The van der Waals surface area contributed by atoms with Crippen molar-refractivity contribution >= 4 is 34.5 Å². The van der Waals surface area contributed by atoms with Gasteiger partial charge < -0.3 is 25.6 Å². The van der Waals surface area contributed by atoms with E-state index in [4.69, 9.17) is 5.73 Å². The number of aromatic nitrogens is 4. The van der Waals surface area contributed by atoms with Gasteiger partial charge in [0.05, 0.1) is 11.6 Å². The predicted octanol–water partition coefficient (Wildman–Crippen LogP) is 3.28. The molecule has 0 unspecified atom stereocenters. The quantitative estimate of drug-likeness (QED) is 0.594. The molecule has 2 amide bonds. The SMILES string of the molecule is Cc1cc(OC(F)(F)F)ccc1NC(=O)N1C[C@H](C)N(c2nc(N)nc3c2cnn3C)[C@@H](C)C1. The molecule has 0 aliphatic carbocycles. The van der Waals surface area contributed by atoms with Crippen molar-refractivity contribution in [3.05, 3.63) is 30.0 Å². The van der Waals surface area contributed by atoms with E-state index in [0.29, 0.717) is 35.8 Å². The van der Waals surface area contributed by atoms with Crippen molar-refractivity contribution in [2.45, 2.75) is 39.2 Å². The van der Waals surface area contributed by atoms with Crippen LogP contribution in [-0.4, -0.2) is 62.2 Å². The summed E-state index contributed by atoms with van der Waals surface area (Å²) in [7, 11) is 1.78. The number of nitrogen functional groups attached to an aromatic ring is 1. The number of rotatable bonds is 3. The molecular weight excluding hydrogens is 453 g/mol. The molecule has 10 nitrogen and oxygen atoms in total. The Morgan fingerprint density at radius 3 is 2.50 bits per heavy atom. The number of hydrogen-bond acceptors (Lipinski definition) is 7. The van der Waals surface area contributed by atoms with Crippen molar-refractivity contribution in [2.24, 2.45) is 7.05 Å². The molecule has 1 saturated heterocycles. The summed E-state index contributed by atoms with van der Waals surface area (Å²) < 4.78 is 42.9. The van der Waals surface area contributed by atoms with E-state index in [2.05, 4.69) is 30.0 Å². The Bertz CT molecular complexity index is 1220. The third kappa shape index (κ3) is 4.63. The van der Waals surface area contributed by atoms with Crippen LogP contribution in [0.15, 0.2) is 24.4 Å². The standard InChI is InChI=1S/C21H25F3N8O2/c1-11-7-14(34-21(22,23)24)5-6-16(11)27-20(33)31-9-12(2)32(13(3)10-31)18-15-8-26-30(4)17(15)28-19(25)29-18/h5-8,12-13H,9-10H2,1-4H3,(H,27,33)(H2,25,28,29)/t12-,13-/m0/s1. The van der Waals surface area contributed by atoms with E-state index >= 15 is 0 Å². The van der Waals surface area contributed by atoms with Crippen LogP contribution in [0.25, 0.3) is 11.0 Å². The monoisotopic (exact) mass is 478 g/mol. The summed E-state index contributed by atoms with van der Waals surface area (Å²) in [6, 6.07) is 3.23. The molecule has 0 bridgehead atoms. The van der Waals surface area contributed by atoms with Crippen LogP contribution in [0, 0.1) is 6.92 Å². The summed E-state index contributed by atoms with van der Waals surface area (Å²) >= 11 is 0. The Balaban J connectivity index is 1.49. The van der Waals surface area contributed by atoms with Crippen LogP contribution < -0.4 is 20.7 Å². The first-order valence-corrected chi connectivity index (χ1v) is 10.6. The lowest BCUT2D eigenvalue weighted by Gasteiger charge is -2.45. The van der Waals surface area contributed by atoms with Gasteiger partial charge in [-0.3, -0.25) is 4.68 Å². The van der Waals surface area contributed by atoms with Crippen molar-refractivity contribution < 1.29 is 22.7 Å². The number of piperazine rings is 1. The second-order valence-electron chi connectivity index (χ2n) is 8.38. The summed E-state index contributed by atoms with van der Waals surface area (Å²) in [4.78, 5) is 25.4. The van der Waals surface area contributed by atoms with Gasteiger partial charge in [-0.2, -0.15) is 15.1 Å². The number of ether oxygens (including phenoxy) is 1. The Kier molecular flexibility index (Phi) is 5.87. The van der Waals surface area contributed by atoms with Gasteiger partial charge in [-0.15, -0.1) is 13.2 Å². The molecule has 3 heterocycles. The molecule has 0 saturated carbocycles. The van der Waals surface area contributed by atoms with Gasteiger partial charge in [0, 0.05) is 37.9 Å². The molecule has 3 N–H and O–H groups in total. The number of nitrogens with two attached hydrogens (primary N) is 1. The van der Waals surface area contributed by atoms with E-state index in [1.165, 1.54) is 12.1 Å². The number of hydrogen-bond donors (Lipinski definition) is 2. The maximum absolute atomic E-state index is 13.0. The number of nitrogens with zero attached hydrogens (tertiary/aromatic N) is 6. The zero-order chi connectivity index (χ0) is 24.8. The van der Waals surface area contributed by atoms with Gasteiger partial charge >= 0.3 is 12.4 Å². The number of halogens is 3. The minimum absolute atomic E-state index is 0.101. The van der Waals surface area contributed by atoms with E-state index < -0.39 is 6.36 Å². The second kappa shape index (κ2) is 8.54. The lowest BCUT2D eigenvalue weighted by atomic mass is 10.1. The summed E-state index contributed by atoms with van der Waals surface area (Å²) in [5.74, 6) is 0.454. The third-order valence-corrected chi connectivity index (χ3v) is 5.71. The number of anilines is 3. The smallest absolute Gasteiger partial charge is 0.406 e. The van der Waals surface area contributed by atoms with E-state index in [0.717, 1.165) is 11.5 Å². The first-order valence-electron chi connectivity index (χ1n) is 10.6. The van der Waals surface area contributed by atoms with Crippen LogP contribution in [0.2, 0.25) is 0 Å². The zero-order valence-electron chi connectivity index (χ0n) is 19.1. The molecule has 1 aliphatic heterocycles. The van der Waals surface area contributed by atoms with Crippen LogP contribution in [0.5, 0.6) is 5.75 Å². The summed E-state index contributed by atoms with van der Waals surface area (Å²) in [6.45, 7) is 6.35. The fourth-order valence-electron chi connectivity index (χ4n) is 4.29. The number of fused-ring (bicyclic) bond motifs is 1. The van der Waals surface area contributed by atoms with Gasteiger partial charge in [-0.1, -0.05) is 0 Å². The van der Waals surface area contributed by atoms with Gasteiger partial charge in [0.2, 0.25) is 5.95 Å². The van der Waals surface area contributed by atoms with Crippen molar-refractivity contribution in [1.82, 2.24) is 24.6 Å². The number of aryl methyl sites for hydroxylation is 2. The highest BCUT2D eigenvalue weighted by Crippen LogP contribution is 2.31. The fourth-order valence-corrected chi connectivity index (χ4v) is 4.29. The van der Waals surface area contributed by atoms with Gasteiger partial charge in [0.15, 0.2) is 5.65 Å².